The van der Waals surface area contributed by atoms with E-state index in [0.717, 1.165) is 10.1 Å². The van der Waals surface area contributed by atoms with Gasteiger partial charge in [-0.2, -0.15) is 0 Å². The molecule has 188 valence electrons. The summed E-state index contributed by atoms with van der Waals surface area (Å²) in [6.45, 7) is 2.07. The van der Waals surface area contributed by atoms with E-state index < -0.39 is 17.6 Å². The lowest BCUT2D eigenvalue weighted by molar-refractivity contribution is 0.102. The van der Waals surface area contributed by atoms with Crippen molar-refractivity contribution in [2.24, 2.45) is 0 Å². The molecular weight excluding hydrogens is 499 g/mol. The summed E-state index contributed by atoms with van der Waals surface area (Å²) in [6.07, 6.45) is 0.150. The largest absolute Gasteiger partial charge is 0.491 e. The van der Waals surface area contributed by atoms with Crippen LogP contribution in [0, 0.1) is 5.82 Å². The number of thiophene rings is 1. The molecule has 0 spiro atoms. The summed E-state index contributed by atoms with van der Waals surface area (Å²) >= 11 is 1.28. The van der Waals surface area contributed by atoms with Crippen LogP contribution in [0.2, 0.25) is 0 Å². The SMILES string of the molecule is O=C(Nc1ccc(F)c(NC(=O)c2cc3ccc(OCC4CO4)cc3s2)c1)c1ccc2c(c1)OCCO2. The predicted molar refractivity (Wildman–Crippen MR) is 137 cm³/mol. The molecule has 10 heteroatoms. The van der Waals surface area contributed by atoms with E-state index in [-0.39, 0.29) is 11.8 Å². The van der Waals surface area contributed by atoms with Crippen LogP contribution in [-0.4, -0.2) is 44.3 Å². The topological polar surface area (TPSA) is 98.4 Å². The molecule has 0 bridgehead atoms. The number of carbonyl (C=O) groups is 2. The summed E-state index contributed by atoms with van der Waals surface area (Å²) in [5.41, 5.74) is 0.641. The molecule has 4 aromatic rings. The average Bonchev–Trinajstić information content (AvgIpc) is 3.65. The third-order valence-corrected chi connectivity index (χ3v) is 6.93. The minimum atomic E-state index is -0.621. The molecule has 6 rings (SSSR count). The van der Waals surface area contributed by atoms with Crippen LogP contribution >= 0.6 is 11.3 Å². The molecule has 3 heterocycles. The molecule has 8 nitrogen and oxygen atoms in total. The van der Waals surface area contributed by atoms with Crippen LogP contribution < -0.4 is 24.8 Å². The van der Waals surface area contributed by atoms with Gasteiger partial charge in [0.05, 0.1) is 17.2 Å². The average molecular weight is 521 g/mol. The molecule has 1 atom stereocenters. The van der Waals surface area contributed by atoms with Crippen LogP contribution in [0.1, 0.15) is 20.0 Å². The number of anilines is 2. The fraction of sp³-hybridized carbons (Fsp3) is 0.185. The maximum atomic E-state index is 14.5. The highest BCUT2D eigenvalue weighted by atomic mass is 32.1. The van der Waals surface area contributed by atoms with E-state index in [9.17, 15) is 14.0 Å². The number of hydrogen-bond acceptors (Lipinski definition) is 7. The van der Waals surface area contributed by atoms with E-state index in [0.29, 0.717) is 59.8 Å². The zero-order chi connectivity index (χ0) is 25.4. The van der Waals surface area contributed by atoms with Gasteiger partial charge in [0, 0.05) is 16.0 Å². The Morgan fingerprint density at radius 2 is 1.78 bits per heavy atom. The van der Waals surface area contributed by atoms with Gasteiger partial charge in [0.25, 0.3) is 11.8 Å². The quantitative estimate of drug-likeness (QED) is 0.329. The van der Waals surface area contributed by atoms with Crippen LogP contribution in [0.15, 0.2) is 60.7 Å². The van der Waals surface area contributed by atoms with Gasteiger partial charge in [0.15, 0.2) is 11.5 Å². The highest BCUT2D eigenvalue weighted by Crippen LogP contribution is 2.32. The summed E-state index contributed by atoms with van der Waals surface area (Å²) in [5, 5.41) is 6.21. The molecule has 0 aliphatic carbocycles. The summed E-state index contributed by atoms with van der Waals surface area (Å²) < 4.78 is 37.3. The molecule has 3 aromatic carbocycles. The second kappa shape index (κ2) is 9.72. The maximum Gasteiger partial charge on any atom is 0.265 e. The molecular formula is C27H21FN2O6S. The Kier molecular flexibility index (Phi) is 6.11. The molecule has 1 fully saturated rings. The van der Waals surface area contributed by atoms with Crippen molar-refractivity contribution in [1.82, 2.24) is 0 Å². The van der Waals surface area contributed by atoms with Gasteiger partial charge in [-0.05, 0) is 66.0 Å². The standard InChI is InChI=1S/C27H21FN2O6S/c28-20-5-3-17(29-26(31)16-2-6-22-23(9-16)34-8-7-33-22)11-21(20)30-27(32)25-10-15-1-4-18(12-24(15)37-25)35-13-19-14-36-19/h1-6,9-12,19H,7-8,13-14H2,(H,29,31)(H,30,32). The Hall–Kier alpha value is -4.15. The Labute approximate surface area is 214 Å². The van der Waals surface area contributed by atoms with Gasteiger partial charge < -0.3 is 29.6 Å². The zero-order valence-electron chi connectivity index (χ0n) is 19.4. The summed E-state index contributed by atoms with van der Waals surface area (Å²) in [5.74, 6) is 0.285. The lowest BCUT2D eigenvalue weighted by atomic mass is 10.1. The van der Waals surface area contributed by atoms with Gasteiger partial charge in [-0.3, -0.25) is 9.59 Å². The number of rotatable bonds is 7. The van der Waals surface area contributed by atoms with Crippen LogP contribution in [0.4, 0.5) is 15.8 Å². The fourth-order valence-electron chi connectivity index (χ4n) is 3.84. The van der Waals surface area contributed by atoms with E-state index in [1.165, 1.54) is 29.5 Å². The number of hydrogen-bond donors (Lipinski definition) is 2. The highest BCUT2D eigenvalue weighted by molar-refractivity contribution is 7.20. The summed E-state index contributed by atoms with van der Waals surface area (Å²) in [4.78, 5) is 26.1. The minimum Gasteiger partial charge on any atom is -0.491 e. The van der Waals surface area contributed by atoms with Crippen LogP contribution in [0.5, 0.6) is 17.2 Å². The number of amides is 2. The molecule has 2 aliphatic rings. The van der Waals surface area contributed by atoms with Gasteiger partial charge >= 0.3 is 0 Å². The van der Waals surface area contributed by atoms with E-state index >= 15 is 0 Å². The second-order valence-corrected chi connectivity index (χ2v) is 9.62. The van der Waals surface area contributed by atoms with Crippen molar-refractivity contribution in [1.29, 1.82) is 0 Å². The van der Waals surface area contributed by atoms with Crippen molar-refractivity contribution >= 4 is 44.6 Å². The third kappa shape index (κ3) is 5.20. The van der Waals surface area contributed by atoms with E-state index in [1.807, 2.05) is 18.2 Å². The number of benzene rings is 3. The predicted octanol–water partition coefficient (Wildman–Crippen LogP) is 5.09. The molecule has 1 saturated heterocycles. The highest BCUT2D eigenvalue weighted by Gasteiger charge is 2.23. The first-order valence-electron chi connectivity index (χ1n) is 11.6. The van der Waals surface area contributed by atoms with Crippen molar-refractivity contribution in [3.05, 3.63) is 76.9 Å². The molecule has 2 amide bonds. The van der Waals surface area contributed by atoms with Gasteiger partial charge in [-0.1, -0.05) is 0 Å². The molecule has 37 heavy (non-hydrogen) atoms. The third-order valence-electron chi connectivity index (χ3n) is 5.83. The molecule has 0 saturated carbocycles. The number of fused-ring (bicyclic) bond motifs is 2. The monoisotopic (exact) mass is 520 g/mol. The molecule has 2 N–H and O–H groups in total. The van der Waals surface area contributed by atoms with Gasteiger partial charge in [-0.25, -0.2) is 4.39 Å². The first kappa shape index (κ1) is 23.3. The number of ether oxygens (including phenoxy) is 4. The van der Waals surface area contributed by atoms with E-state index in [4.69, 9.17) is 18.9 Å². The fourth-order valence-corrected chi connectivity index (χ4v) is 4.82. The number of halogens is 1. The lowest BCUT2D eigenvalue weighted by Crippen LogP contribution is -2.17. The second-order valence-electron chi connectivity index (χ2n) is 8.54. The summed E-state index contributed by atoms with van der Waals surface area (Å²) in [6, 6.07) is 16.2. The van der Waals surface area contributed by atoms with Gasteiger partial charge in [0.2, 0.25) is 0 Å². The molecule has 0 radical (unpaired) electrons. The van der Waals surface area contributed by atoms with Gasteiger partial charge in [0.1, 0.15) is 37.5 Å². The minimum absolute atomic E-state index is 0.0455. The number of epoxide rings is 1. The number of nitrogens with one attached hydrogen (secondary N) is 2. The van der Waals surface area contributed by atoms with Crippen molar-refractivity contribution < 1.29 is 32.9 Å². The normalized spacial score (nSPS) is 15.8. The van der Waals surface area contributed by atoms with Crippen molar-refractivity contribution in [3.63, 3.8) is 0 Å². The number of carbonyl (C=O) groups excluding carboxylic acids is 2. The molecule has 1 aromatic heterocycles. The smallest absolute Gasteiger partial charge is 0.265 e. The zero-order valence-corrected chi connectivity index (χ0v) is 20.2. The van der Waals surface area contributed by atoms with Crippen LogP contribution in [0.3, 0.4) is 0 Å². The summed E-state index contributed by atoms with van der Waals surface area (Å²) in [7, 11) is 0. The van der Waals surface area contributed by atoms with Crippen molar-refractivity contribution in [2.75, 3.05) is 37.1 Å². The molecule has 1 unspecified atom stereocenters. The Morgan fingerprint density at radius 1 is 0.946 bits per heavy atom. The van der Waals surface area contributed by atoms with Gasteiger partial charge in [-0.15, -0.1) is 11.3 Å². The Balaban J connectivity index is 1.15. The van der Waals surface area contributed by atoms with Crippen LogP contribution in [-0.2, 0) is 4.74 Å². The van der Waals surface area contributed by atoms with E-state index in [1.54, 1.807) is 24.3 Å². The van der Waals surface area contributed by atoms with Crippen molar-refractivity contribution in [2.45, 2.75) is 6.10 Å². The molecule has 2 aliphatic heterocycles. The lowest BCUT2D eigenvalue weighted by Gasteiger charge is -2.18. The Morgan fingerprint density at radius 3 is 2.62 bits per heavy atom. The van der Waals surface area contributed by atoms with E-state index in [2.05, 4.69) is 10.6 Å². The van der Waals surface area contributed by atoms with Crippen molar-refractivity contribution in [3.8, 4) is 17.2 Å². The maximum absolute atomic E-state index is 14.5. The Bertz CT molecular complexity index is 1520. The first-order valence-corrected chi connectivity index (χ1v) is 12.4. The first-order chi connectivity index (χ1) is 18.0. The van der Waals surface area contributed by atoms with Crippen LogP contribution in [0.25, 0.3) is 10.1 Å².